The summed E-state index contributed by atoms with van der Waals surface area (Å²) >= 11 is 11.9. The van der Waals surface area contributed by atoms with E-state index in [-0.39, 0.29) is 11.7 Å². The van der Waals surface area contributed by atoms with Gasteiger partial charge in [-0.25, -0.2) is 9.37 Å². The molecule has 1 aromatic heterocycles. The molecule has 2 N–H and O–H groups in total. The maximum Gasteiger partial charge on any atom is 0.265 e. The first-order chi connectivity index (χ1) is 13.9. The van der Waals surface area contributed by atoms with E-state index in [0.29, 0.717) is 39.4 Å². The summed E-state index contributed by atoms with van der Waals surface area (Å²) in [4.78, 5) is 16.6. The summed E-state index contributed by atoms with van der Waals surface area (Å²) < 4.78 is 19.2. The zero-order valence-electron chi connectivity index (χ0n) is 15.5. The maximum atomic E-state index is 13.6. The standard InChI is InChI=1S/C21H18Cl2FN3O2/c1-13(29-19-8-6-15(22)10-17(19)23)21(28)27-16-7-9-20(26-12-16)25-11-14-4-2-3-5-18(14)24/h2-10,12-13H,11H2,1H3,(H,25,26)(H,27,28). The number of halogens is 3. The van der Waals surface area contributed by atoms with Gasteiger partial charge in [-0.05, 0) is 43.3 Å². The number of hydrogen-bond acceptors (Lipinski definition) is 4. The molecule has 0 spiro atoms. The second-order valence-corrected chi connectivity index (χ2v) is 7.04. The molecule has 1 amide bonds. The first kappa shape index (κ1) is 20.9. The van der Waals surface area contributed by atoms with Crippen molar-refractivity contribution >= 4 is 40.6 Å². The number of carbonyl (C=O) groups is 1. The van der Waals surface area contributed by atoms with Crippen molar-refractivity contribution in [1.29, 1.82) is 0 Å². The fourth-order valence-corrected chi connectivity index (χ4v) is 2.91. The molecule has 1 heterocycles. The third kappa shape index (κ3) is 5.82. The van der Waals surface area contributed by atoms with Crippen LogP contribution in [0.25, 0.3) is 0 Å². The van der Waals surface area contributed by atoms with Gasteiger partial charge in [0.2, 0.25) is 0 Å². The van der Waals surface area contributed by atoms with Crippen molar-refractivity contribution in [3.8, 4) is 5.75 Å². The van der Waals surface area contributed by atoms with E-state index in [0.717, 1.165) is 0 Å². The van der Waals surface area contributed by atoms with E-state index >= 15 is 0 Å². The molecule has 0 aliphatic heterocycles. The van der Waals surface area contributed by atoms with Gasteiger partial charge < -0.3 is 15.4 Å². The van der Waals surface area contributed by atoms with E-state index in [1.807, 2.05) is 0 Å². The average Bonchev–Trinajstić information content (AvgIpc) is 2.70. The number of ether oxygens (including phenoxy) is 1. The molecule has 0 saturated heterocycles. The third-order valence-electron chi connectivity index (χ3n) is 4.02. The van der Waals surface area contributed by atoms with Crippen molar-refractivity contribution < 1.29 is 13.9 Å². The highest BCUT2D eigenvalue weighted by molar-refractivity contribution is 6.35. The monoisotopic (exact) mass is 433 g/mol. The first-order valence-corrected chi connectivity index (χ1v) is 9.54. The molecule has 8 heteroatoms. The Bertz CT molecular complexity index is 999. The molecular weight excluding hydrogens is 416 g/mol. The molecule has 5 nitrogen and oxygen atoms in total. The van der Waals surface area contributed by atoms with Gasteiger partial charge in [-0.3, -0.25) is 4.79 Å². The lowest BCUT2D eigenvalue weighted by molar-refractivity contribution is -0.122. The topological polar surface area (TPSA) is 63.2 Å². The van der Waals surface area contributed by atoms with E-state index in [4.69, 9.17) is 27.9 Å². The Morgan fingerprint density at radius 1 is 1.17 bits per heavy atom. The number of nitrogens with one attached hydrogen (secondary N) is 2. The summed E-state index contributed by atoms with van der Waals surface area (Å²) in [6.07, 6.45) is 0.719. The number of anilines is 2. The molecule has 1 unspecified atom stereocenters. The van der Waals surface area contributed by atoms with E-state index in [9.17, 15) is 9.18 Å². The molecule has 0 bridgehead atoms. The minimum Gasteiger partial charge on any atom is -0.479 e. The Morgan fingerprint density at radius 3 is 2.66 bits per heavy atom. The van der Waals surface area contributed by atoms with Gasteiger partial charge in [0.1, 0.15) is 17.4 Å². The minimum absolute atomic E-state index is 0.279. The molecule has 0 aliphatic carbocycles. The Kier molecular flexibility index (Phi) is 6.90. The molecular formula is C21H18Cl2FN3O2. The van der Waals surface area contributed by atoms with Crippen LogP contribution in [0.3, 0.4) is 0 Å². The Balaban J connectivity index is 1.54. The fourth-order valence-electron chi connectivity index (χ4n) is 2.46. The smallest absolute Gasteiger partial charge is 0.265 e. The van der Waals surface area contributed by atoms with Crippen LogP contribution in [0.5, 0.6) is 5.75 Å². The van der Waals surface area contributed by atoms with Gasteiger partial charge in [0.05, 0.1) is 16.9 Å². The highest BCUT2D eigenvalue weighted by atomic mass is 35.5. The molecule has 3 rings (SSSR count). The van der Waals surface area contributed by atoms with Crippen LogP contribution in [0.2, 0.25) is 10.0 Å². The van der Waals surface area contributed by atoms with E-state index in [1.165, 1.54) is 12.3 Å². The van der Waals surface area contributed by atoms with Crippen LogP contribution in [-0.4, -0.2) is 17.0 Å². The van der Waals surface area contributed by atoms with Crippen LogP contribution in [0, 0.1) is 5.82 Å². The zero-order valence-corrected chi connectivity index (χ0v) is 17.0. The largest absolute Gasteiger partial charge is 0.479 e. The Morgan fingerprint density at radius 2 is 1.97 bits per heavy atom. The van der Waals surface area contributed by atoms with Crippen molar-refractivity contribution in [3.63, 3.8) is 0 Å². The first-order valence-electron chi connectivity index (χ1n) is 8.78. The number of carbonyl (C=O) groups excluding carboxylic acids is 1. The predicted octanol–water partition coefficient (Wildman–Crippen LogP) is 5.55. The number of amides is 1. The van der Waals surface area contributed by atoms with Gasteiger partial charge in [-0.1, -0.05) is 41.4 Å². The van der Waals surface area contributed by atoms with Crippen molar-refractivity contribution in [2.24, 2.45) is 0 Å². The highest BCUT2D eigenvalue weighted by Gasteiger charge is 2.16. The predicted molar refractivity (Wildman–Crippen MR) is 113 cm³/mol. The number of pyridine rings is 1. The van der Waals surface area contributed by atoms with Crippen molar-refractivity contribution in [1.82, 2.24) is 4.98 Å². The number of nitrogens with zero attached hydrogens (tertiary/aromatic N) is 1. The van der Waals surface area contributed by atoms with E-state index in [2.05, 4.69) is 15.6 Å². The highest BCUT2D eigenvalue weighted by Crippen LogP contribution is 2.28. The summed E-state index contributed by atoms with van der Waals surface area (Å²) in [5.74, 6) is 0.288. The lowest BCUT2D eigenvalue weighted by Crippen LogP contribution is -2.30. The molecule has 0 aliphatic rings. The second-order valence-electron chi connectivity index (χ2n) is 6.20. The Hall–Kier alpha value is -2.83. The van der Waals surface area contributed by atoms with Crippen LogP contribution in [0.1, 0.15) is 12.5 Å². The number of aromatic nitrogens is 1. The fraction of sp³-hybridized carbons (Fsp3) is 0.143. The van der Waals surface area contributed by atoms with Crippen LogP contribution < -0.4 is 15.4 Å². The summed E-state index contributed by atoms with van der Waals surface area (Å²) in [5.41, 5.74) is 1.04. The maximum absolute atomic E-state index is 13.6. The zero-order chi connectivity index (χ0) is 20.8. The van der Waals surface area contributed by atoms with Crippen LogP contribution in [0.4, 0.5) is 15.9 Å². The summed E-state index contributed by atoms with van der Waals surface area (Å²) in [5, 5.41) is 6.56. The van der Waals surface area contributed by atoms with Gasteiger partial charge in [-0.15, -0.1) is 0 Å². The number of hydrogen-bond donors (Lipinski definition) is 2. The normalized spacial score (nSPS) is 11.6. The van der Waals surface area contributed by atoms with E-state index in [1.54, 1.807) is 55.5 Å². The summed E-state index contributed by atoms with van der Waals surface area (Å²) in [6.45, 7) is 1.91. The molecule has 150 valence electrons. The Labute approximate surface area is 177 Å². The third-order valence-corrected chi connectivity index (χ3v) is 4.55. The summed E-state index contributed by atoms with van der Waals surface area (Å²) in [7, 11) is 0. The van der Waals surface area contributed by atoms with Crippen molar-refractivity contribution in [3.05, 3.63) is 82.2 Å². The molecule has 0 radical (unpaired) electrons. The molecule has 0 saturated carbocycles. The van der Waals surface area contributed by atoms with E-state index < -0.39 is 6.10 Å². The van der Waals surface area contributed by atoms with Gasteiger partial charge in [-0.2, -0.15) is 0 Å². The lowest BCUT2D eigenvalue weighted by atomic mass is 10.2. The van der Waals surface area contributed by atoms with Crippen LogP contribution >= 0.6 is 23.2 Å². The van der Waals surface area contributed by atoms with Crippen LogP contribution in [0.15, 0.2) is 60.8 Å². The summed E-state index contributed by atoms with van der Waals surface area (Å²) in [6, 6.07) is 14.7. The second kappa shape index (κ2) is 9.58. The molecule has 2 aromatic carbocycles. The molecule has 29 heavy (non-hydrogen) atoms. The van der Waals surface area contributed by atoms with Gasteiger partial charge in [0.25, 0.3) is 5.91 Å². The quantitative estimate of drug-likeness (QED) is 0.512. The van der Waals surface area contributed by atoms with Gasteiger partial charge in [0.15, 0.2) is 6.10 Å². The molecule has 3 aromatic rings. The van der Waals surface area contributed by atoms with Gasteiger partial charge >= 0.3 is 0 Å². The van der Waals surface area contributed by atoms with Crippen molar-refractivity contribution in [2.75, 3.05) is 10.6 Å². The molecule has 0 fully saturated rings. The van der Waals surface area contributed by atoms with Gasteiger partial charge in [0, 0.05) is 17.1 Å². The lowest BCUT2D eigenvalue weighted by Gasteiger charge is -2.16. The SMILES string of the molecule is CC(Oc1ccc(Cl)cc1Cl)C(=O)Nc1ccc(NCc2ccccc2F)nc1. The molecule has 1 atom stereocenters. The number of benzene rings is 2. The average molecular weight is 434 g/mol. The van der Waals surface area contributed by atoms with Crippen molar-refractivity contribution in [2.45, 2.75) is 19.6 Å². The number of rotatable bonds is 7. The minimum atomic E-state index is -0.785. The van der Waals surface area contributed by atoms with Crippen LogP contribution in [-0.2, 0) is 11.3 Å².